The Kier molecular flexibility index (Phi) is 3.81. The van der Waals surface area contributed by atoms with Crippen LogP contribution in [0.15, 0.2) is 21.5 Å². The van der Waals surface area contributed by atoms with Gasteiger partial charge < -0.3 is 4.57 Å². The van der Waals surface area contributed by atoms with Gasteiger partial charge in [0.1, 0.15) is 0 Å². The fourth-order valence-corrected chi connectivity index (χ4v) is 1.51. The minimum absolute atomic E-state index is 0.0577. The molecule has 0 aromatic carbocycles. The number of alkyl halides is 3. The van der Waals surface area contributed by atoms with Crippen LogP contribution in [0.4, 0.5) is 13.2 Å². The molecule has 0 amide bonds. The van der Waals surface area contributed by atoms with E-state index in [2.05, 4.69) is 27.8 Å². The first kappa shape index (κ1) is 12.8. The molecular formula is C10H7BrF3NO. The van der Waals surface area contributed by atoms with Gasteiger partial charge in [0.05, 0.1) is 16.6 Å². The fourth-order valence-electron chi connectivity index (χ4n) is 1.04. The Hall–Kier alpha value is -1.22. The Morgan fingerprint density at radius 1 is 1.50 bits per heavy atom. The zero-order valence-electron chi connectivity index (χ0n) is 8.23. The molecule has 0 N–H and O–H groups in total. The number of hydrogen-bond acceptors (Lipinski definition) is 1. The second kappa shape index (κ2) is 4.74. The van der Waals surface area contributed by atoms with Crippen molar-refractivity contribution in [1.29, 1.82) is 0 Å². The Bertz CT molecular complexity index is 508. The summed E-state index contributed by atoms with van der Waals surface area (Å²) in [5.41, 5.74) is -1.41. The third-order valence-corrected chi connectivity index (χ3v) is 2.36. The van der Waals surface area contributed by atoms with Gasteiger partial charge in [0.25, 0.3) is 5.56 Å². The maximum atomic E-state index is 12.4. The molecule has 0 saturated heterocycles. The van der Waals surface area contributed by atoms with Crippen LogP contribution in [-0.4, -0.2) is 4.57 Å². The van der Waals surface area contributed by atoms with Crippen molar-refractivity contribution in [2.24, 2.45) is 0 Å². The van der Waals surface area contributed by atoms with Gasteiger partial charge in [-0.25, -0.2) is 0 Å². The first-order valence-electron chi connectivity index (χ1n) is 4.23. The summed E-state index contributed by atoms with van der Waals surface area (Å²) >= 11 is 2.80. The van der Waals surface area contributed by atoms with Crippen LogP contribution >= 0.6 is 15.9 Å². The van der Waals surface area contributed by atoms with Crippen molar-refractivity contribution in [2.75, 3.05) is 0 Å². The van der Waals surface area contributed by atoms with E-state index in [-0.39, 0.29) is 11.0 Å². The van der Waals surface area contributed by atoms with Crippen LogP contribution in [0.1, 0.15) is 12.5 Å². The van der Waals surface area contributed by atoms with Gasteiger partial charge in [-0.1, -0.05) is 5.92 Å². The normalized spacial score (nSPS) is 10.8. The molecule has 0 bridgehead atoms. The van der Waals surface area contributed by atoms with Crippen LogP contribution in [0.2, 0.25) is 0 Å². The third kappa shape index (κ3) is 2.89. The van der Waals surface area contributed by atoms with E-state index in [0.717, 1.165) is 16.8 Å². The molecular weight excluding hydrogens is 287 g/mol. The number of pyridine rings is 1. The van der Waals surface area contributed by atoms with E-state index in [9.17, 15) is 18.0 Å². The Balaban J connectivity index is 3.31. The molecule has 0 fully saturated rings. The van der Waals surface area contributed by atoms with Gasteiger partial charge in [0, 0.05) is 6.20 Å². The Morgan fingerprint density at radius 2 is 2.12 bits per heavy atom. The van der Waals surface area contributed by atoms with Crippen molar-refractivity contribution in [3.63, 3.8) is 0 Å². The highest BCUT2D eigenvalue weighted by Crippen LogP contribution is 2.29. The van der Waals surface area contributed by atoms with E-state index in [0.29, 0.717) is 0 Å². The van der Waals surface area contributed by atoms with Crippen LogP contribution in [0, 0.1) is 11.8 Å². The highest BCUT2D eigenvalue weighted by atomic mass is 79.9. The first-order chi connectivity index (χ1) is 7.36. The van der Waals surface area contributed by atoms with Crippen molar-refractivity contribution >= 4 is 15.9 Å². The van der Waals surface area contributed by atoms with Gasteiger partial charge in [-0.05, 0) is 28.9 Å². The summed E-state index contributed by atoms with van der Waals surface area (Å²) in [6.45, 7) is 1.49. The zero-order chi connectivity index (χ0) is 12.3. The smallest absolute Gasteiger partial charge is 0.302 e. The largest absolute Gasteiger partial charge is 0.417 e. The molecule has 0 atom stereocenters. The van der Waals surface area contributed by atoms with Crippen LogP contribution in [0.25, 0.3) is 0 Å². The summed E-state index contributed by atoms with van der Waals surface area (Å²) < 4.78 is 38.1. The molecule has 0 radical (unpaired) electrons. The number of hydrogen-bond donors (Lipinski definition) is 0. The molecule has 0 aliphatic carbocycles. The molecule has 1 heterocycles. The second-order valence-electron chi connectivity index (χ2n) is 2.93. The van der Waals surface area contributed by atoms with Crippen molar-refractivity contribution in [3.05, 3.63) is 32.7 Å². The van der Waals surface area contributed by atoms with Crippen LogP contribution in [0.3, 0.4) is 0 Å². The standard InChI is InChI=1S/C10H7BrF3NO/c1-2-3-4-15-6-7(10(12,13)14)5-8(11)9(15)16/h5-6H,4H2,1H3. The summed E-state index contributed by atoms with van der Waals surface area (Å²) in [5.74, 6) is 5.05. The molecule has 0 saturated carbocycles. The summed E-state index contributed by atoms with van der Waals surface area (Å²) in [6, 6.07) is 0.762. The summed E-state index contributed by atoms with van der Waals surface area (Å²) in [6.07, 6.45) is -3.71. The Labute approximate surface area is 98.2 Å². The average molecular weight is 294 g/mol. The van der Waals surface area contributed by atoms with E-state index in [1.165, 1.54) is 0 Å². The minimum Gasteiger partial charge on any atom is -0.302 e. The number of aromatic nitrogens is 1. The summed E-state index contributed by atoms with van der Waals surface area (Å²) in [4.78, 5) is 11.4. The molecule has 1 rings (SSSR count). The summed E-state index contributed by atoms with van der Waals surface area (Å²) in [7, 11) is 0. The number of nitrogens with zero attached hydrogens (tertiary/aromatic N) is 1. The average Bonchev–Trinajstić information content (AvgIpc) is 2.18. The van der Waals surface area contributed by atoms with E-state index in [1.807, 2.05) is 0 Å². The quantitative estimate of drug-likeness (QED) is 0.730. The molecule has 2 nitrogen and oxygen atoms in total. The maximum Gasteiger partial charge on any atom is 0.417 e. The van der Waals surface area contributed by atoms with Gasteiger partial charge in [-0.15, -0.1) is 5.92 Å². The monoisotopic (exact) mass is 293 g/mol. The molecule has 16 heavy (non-hydrogen) atoms. The van der Waals surface area contributed by atoms with Crippen LogP contribution in [-0.2, 0) is 12.7 Å². The van der Waals surface area contributed by atoms with Gasteiger partial charge >= 0.3 is 6.18 Å². The molecule has 6 heteroatoms. The predicted octanol–water partition coefficient (Wildman–Crippen LogP) is 2.65. The molecule has 1 aromatic heterocycles. The first-order valence-corrected chi connectivity index (χ1v) is 5.02. The highest BCUT2D eigenvalue weighted by Gasteiger charge is 2.31. The molecule has 1 aromatic rings. The van der Waals surface area contributed by atoms with Gasteiger partial charge in [-0.2, -0.15) is 13.2 Å². The van der Waals surface area contributed by atoms with Crippen LogP contribution < -0.4 is 5.56 Å². The van der Waals surface area contributed by atoms with Gasteiger partial charge in [0.2, 0.25) is 0 Å². The van der Waals surface area contributed by atoms with E-state index in [1.54, 1.807) is 6.92 Å². The summed E-state index contributed by atoms with van der Waals surface area (Å²) in [5, 5.41) is 0. The van der Waals surface area contributed by atoms with Crippen molar-refractivity contribution in [3.8, 4) is 11.8 Å². The van der Waals surface area contributed by atoms with Crippen LogP contribution in [0.5, 0.6) is 0 Å². The van der Waals surface area contributed by atoms with Gasteiger partial charge in [0.15, 0.2) is 0 Å². The lowest BCUT2D eigenvalue weighted by molar-refractivity contribution is -0.138. The van der Waals surface area contributed by atoms with E-state index in [4.69, 9.17) is 0 Å². The number of halogens is 4. The lowest BCUT2D eigenvalue weighted by Gasteiger charge is -2.09. The lowest BCUT2D eigenvalue weighted by Crippen LogP contribution is -2.22. The van der Waals surface area contributed by atoms with E-state index < -0.39 is 17.3 Å². The maximum absolute atomic E-state index is 12.4. The van der Waals surface area contributed by atoms with Crippen molar-refractivity contribution < 1.29 is 13.2 Å². The molecule has 0 spiro atoms. The molecule has 86 valence electrons. The van der Waals surface area contributed by atoms with Crippen molar-refractivity contribution in [2.45, 2.75) is 19.6 Å². The molecule has 0 aliphatic heterocycles. The fraction of sp³-hybridized carbons (Fsp3) is 0.300. The lowest BCUT2D eigenvalue weighted by atomic mass is 10.3. The predicted molar refractivity (Wildman–Crippen MR) is 56.9 cm³/mol. The topological polar surface area (TPSA) is 22.0 Å². The number of rotatable bonds is 1. The molecule has 0 unspecified atom stereocenters. The van der Waals surface area contributed by atoms with E-state index >= 15 is 0 Å². The third-order valence-electron chi connectivity index (χ3n) is 1.80. The van der Waals surface area contributed by atoms with Crippen molar-refractivity contribution in [1.82, 2.24) is 4.57 Å². The zero-order valence-corrected chi connectivity index (χ0v) is 9.82. The Morgan fingerprint density at radius 3 is 2.62 bits per heavy atom. The van der Waals surface area contributed by atoms with Gasteiger partial charge in [-0.3, -0.25) is 4.79 Å². The molecule has 0 aliphatic rings. The second-order valence-corrected chi connectivity index (χ2v) is 3.79. The minimum atomic E-state index is -4.47. The SMILES string of the molecule is CC#CCn1cc(C(F)(F)F)cc(Br)c1=O. The highest BCUT2D eigenvalue weighted by molar-refractivity contribution is 9.10.